The van der Waals surface area contributed by atoms with Crippen molar-refractivity contribution in [3.05, 3.63) is 59.7 Å². The summed E-state index contributed by atoms with van der Waals surface area (Å²) in [5.74, 6) is 0.597. The number of carbonyl (C=O) groups excluding carboxylic acids is 2. The second kappa shape index (κ2) is 9.46. The fraction of sp³-hybridized carbons (Fsp3) is 0.393. The van der Waals surface area contributed by atoms with Gasteiger partial charge in [-0.2, -0.15) is 0 Å². The topological polar surface area (TPSA) is 105 Å². The minimum atomic E-state index is -0.996. The van der Waals surface area contributed by atoms with E-state index in [1.165, 1.54) is 0 Å². The minimum absolute atomic E-state index is 0.0193. The van der Waals surface area contributed by atoms with Gasteiger partial charge in [0.25, 0.3) is 0 Å². The summed E-state index contributed by atoms with van der Waals surface area (Å²) in [6.07, 6.45) is 7.28. The number of ether oxygens (including phenoxy) is 1. The standard InChI is InChI=1S/C28H28N2O5/c1-2-7-23(26(31)30-25-17-13-12-16(14-17)24(25)27(32)33)29-28(34)35-15-22-20-10-5-3-8-18(20)19-9-4-6-11-21(19)22/h1,3-6,8-11,16-17,22-25H,7,12-15H2,(H,29,34)(H,30,31)(H,32,33). The van der Waals surface area contributed by atoms with Gasteiger partial charge in [-0.3, -0.25) is 9.59 Å². The molecule has 5 atom stereocenters. The highest BCUT2D eigenvalue weighted by atomic mass is 16.5. The number of carboxylic acid groups (broad SMARTS) is 1. The molecule has 7 nitrogen and oxygen atoms in total. The number of carbonyl (C=O) groups is 3. The third kappa shape index (κ3) is 4.25. The predicted molar refractivity (Wildman–Crippen MR) is 129 cm³/mol. The number of benzene rings is 2. The molecule has 3 N–H and O–H groups in total. The summed E-state index contributed by atoms with van der Waals surface area (Å²) in [5, 5.41) is 15.1. The number of hydrogen-bond acceptors (Lipinski definition) is 4. The Kier molecular flexibility index (Phi) is 6.21. The lowest BCUT2D eigenvalue weighted by molar-refractivity contribution is -0.144. The molecule has 0 saturated heterocycles. The van der Waals surface area contributed by atoms with Crippen LogP contribution in [0.4, 0.5) is 4.79 Å². The lowest BCUT2D eigenvalue weighted by Gasteiger charge is -2.30. The Morgan fingerprint density at radius 1 is 1.03 bits per heavy atom. The molecule has 0 spiro atoms. The van der Waals surface area contributed by atoms with Gasteiger partial charge in [0.1, 0.15) is 12.6 Å². The summed E-state index contributed by atoms with van der Waals surface area (Å²) in [6, 6.07) is 14.6. The molecule has 2 fully saturated rings. The lowest BCUT2D eigenvalue weighted by atomic mass is 9.84. The first-order chi connectivity index (χ1) is 17.0. The molecular formula is C28H28N2O5. The van der Waals surface area contributed by atoms with Gasteiger partial charge in [-0.25, -0.2) is 4.79 Å². The molecule has 5 rings (SSSR count). The van der Waals surface area contributed by atoms with Crippen LogP contribution in [0.3, 0.4) is 0 Å². The highest BCUT2D eigenvalue weighted by molar-refractivity contribution is 5.87. The van der Waals surface area contributed by atoms with Gasteiger partial charge in [-0.05, 0) is 53.4 Å². The van der Waals surface area contributed by atoms with Crippen molar-refractivity contribution >= 4 is 18.0 Å². The molecule has 2 aromatic carbocycles. The van der Waals surface area contributed by atoms with Crippen LogP contribution in [0.25, 0.3) is 11.1 Å². The van der Waals surface area contributed by atoms with Crippen LogP contribution in [0.15, 0.2) is 48.5 Å². The van der Waals surface area contributed by atoms with E-state index in [0.717, 1.165) is 41.5 Å². The molecule has 0 radical (unpaired) electrons. The molecular weight excluding hydrogens is 444 g/mol. The molecule has 2 amide bonds. The molecule has 7 heteroatoms. The van der Waals surface area contributed by atoms with E-state index in [9.17, 15) is 19.5 Å². The van der Waals surface area contributed by atoms with E-state index in [1.807, 2.05) is 36.4 Å². The second-order valence-electron chi connectivity index (χ2n) is 9.66. The molecule has 35 heavy (non-hydrogen) atoms. The van der Waals surface area contributed by atoms with Crippen molar-refractivity contribution in [3.63, 3.8) is 0 Å². The summed E-state index contributed by atoms with van der Waals surface area (Å²) in [4.78, 5) is 37.4. The summed E-state index contributed by atoms with van der Waals surface area (Å²) >= 11 is 0. The van der Waals surface area contributed by atoms with Crippen LogP contribution >= 0.6 is 0 Å². The number of alkyl carbamates (subject to hydrolysis) is 1. The number of fused-ring (bicyclic) bond motifs is 5. The van der Waals surface area contributed by atoms with Gasteiger partial charge in [0.2, 0.25) is 5.91 Å². The Morgan fingerprint density at radius 3 is 2.29 bits per heavy atom. The second-order valence-corrected chi connectivity index (χ2v) is 9.66. The average Bonchev–Trinajstić information content (AvgIpc) is 3.54. The molecule has 0 aliphatic heterocycles. The van der Waals surface area contributed by atoms with Gasteiger partial charge in [-0.15, -0.1) is 12.3 Å². The molecule has 2 saturated carbocycles. The first kappa shape index (κ1) is 23.0. The van der Waals surface area contributed by atoms with E-state index in [1.54, 1.807) is 0 Å². The fourth-order valence-electron chi connectivity index (χ4n) is 6.23. The number of hydrogen-bond donors (Lipinski definition) is 3. The van der Waals surface area contributed by atoms with Gasteiger partial charge in [0.05, 0.1) is 5.92 Å². The maximum Gasteiger partial charge on any atom is 0.407 e. The van der Waals surface area contributed by atoms with Crippen molar-refractivity contribution in [1.82, 2.24) is 10.6 Å². The first-order valence-corrected chi connectivity index (χ1v) is 12.1. The molecule has 3 aliphatic carbocycles. The smallest absolute Gasteiger partial charge is 0.407 e. The zero-order valence-electron chi connectivity index (χ0n) is 19.3. The Morgan fingerprint density at radius 2 is 1.66 bits per heavy atom. The van der Waals surface area contributed by atoms with Gasteiger partial charge < -0.3 is 20.5 Å². The Hall–Kier alpha value is -3.79. The monoisotopic (exact) mass is 472 g/mol. The quantitative estimate of drug-likeness (QED) is 0.535. The number of amides is 2. The van der Waals surface area contributed by atoms with Crippen LogP contribution in [-0.4, -0.2) is 41.8 Å². The van der Waals surface area contributed by atoms with E-state index < -0.39 is 36.0 Å². The van der Waals surface area contributed by atoms with Crippen molar-refractivity contribution in [3.8, 4) is 23.5 Å². The van der Waals surface area contributed by atoms with Gasteiger partial charge in [-0.1, -0.05) is 48.5 Å². The normalized spacial score (nSPS) is 24.7. The minimum Gasteiger partial charge on any atom is -0.481 e. The van der Waals surface area contributed by atoms with Crippen LogP contribution in [0, 0.1) is 30.1 Å². The SMILES string of the molecule is C#CCC(NC(=O)OCC1c2ccccc2-c2ccccc21)C(=O)NC1C2CCC(C2)C1C(=O)O. The van der Waals surface area contributed by atoms with Crippen molar-refractivity contribution < 1.29 is 24.2 Å². The van der Waals surface area contributed by atoms with Gasteiger partial charge in [0.15, 0.2) is 0 Å². The summed E-state index contributed by atoms with van der Waals surface area (Å²) in [6.45, 7) is 0.123. The number of nitrogens with one attached hydrogen (secondary N) is 2. The van der Waals surface area contributed by atoms with Crippen LogP contribution in [0.2, 0.25) is 0 Å². The van der Waals surface area contributed by atoms with E-state index >= 15 is 0 Å². The molecule has 2 bridgehead atoms. The Bertz CT molecular complexity index is 1160. The van der Waals surface area contributed by atoms with Crippen LogP contribution < -0.4 is 10.6 Å². The number of aliphatic carboxylic acids is 1. The molecule has 5 unspecified atom stereocenters. The summed E-state index contributed by atoms with van der Waals surface area (Å²) < 4.78 is 5.55. The summed E-state index contributed by atoms with van der Waals surface area (Å²) in [7, 11) is 0. The highest BCUT2D eigenvalue weighted by Gasteiger charge is 2.51. The maximum atomic E-state index is 13.0. The van der Waals surface area contributed by atoms with Gasteiger partial charge >= 0.3 is 12.1 Å². The molecule has 0 heterocycles. The largest absolute Gasteiger partial charge is 0.481 e. The number of terminal acetylenes is 1. The maximum absolute atomic E-state index is 13.0. The van der Waals surface area contributed by atoms with E-state index in [4.69, 9.17) is 11.2 Å². The highest BCUT2D eigenvalue weighted by Crippen LogP contribution is 2.48. The third-order valence-electron chi connectivity index (χ3n) is 7.78. The van der Waals surface area contributed by atoms with E-state index in [-0.39, 0.29) is 30.8 Å². The van der Waals surface area contributed by atoms with E-state index in [2.05, 4.69) is 28.7 Å². The first-order valence-electron chi connectivity index (χ1n) is 12.1. The van der Waals surface area contributed by atoms with Crippen LogP contribution in [0.1, 0.15) is 42.7 Å². The van der Waals surface area contributed by atoms with Crippen molar-refractivity contribution in [2.24, 2.45) is 17.8 Å². The third-order valence-corrected chi connectivity index (χ3v) is 7.78. The van der Waals surface area contributed by atoms with Crippen molar-refractivity contribution in [2.75, 3.05) is 6.61 Å². The van der Waals surface area contributed by atoms with Crippen LogP contribution in [-0.2, 0) is 14.3 Å². The average molecular weight is 473 g/mol. The fourth-order valence-corrected chi connectivity index (χ4v) is 6.23. The summed E-state index contributed by atoms with van der Waals surface area (Å²) in [5.41, 5.74) is 4.44. The lowest BCUT2D eigenvalue weighted by Crippen LogP contribution is -2.54. The molecule has 180 valence electrons. The zero-order chi connectivity index (χ0) is 24.5. The Labute approximate surface area is 204 Å². The predicted octanol–water partition coefficient (Wildman–Crippen LogP) is 3.53. The van der Waals surface area contributed by atoms with E-state index in [0.29, 0.717) is 0 Å². The molecule has 2 aromatic rings. The van der Waals surface area contributed by atoms with Crippen LogP contribution in [0.5, 0.6) is 0 Å². The molecule has 3 aliphatic rings. The molecule has 0 aromatic heterocycles. The number of carboxylic acids is 1. The van der Waals surface area contributed by atoms with Crippen molar-refractivity contribution in [1.29, 1.82) is 0 Å². The zero-order valence-corrected chi connectivity index (χ0v) is 19.3. The van der Waals surface area contributed by atoms with Gasteiger partial charge in [0, 0.05) is 18.4 Å². The Balaban J connectivity index is 1.23. The number of rotatable bonds is 7. The van der Waals surface area contributed by atoms with Crippen molar-refractivity contribution in [2.45, 2.75) is 43.7 Å².